The molecule has 7 nitrogen and oxygen atoms in total. The SMILES string of the molecule is CCCCCCCCCCCC(CCCCCCCC)OC(=O)OCCCCCCCCN(CCO)CCCCCCCCOC(=O)CCCCCCCC. The van der Waals surface area contributed by atoms with Crippen LogP contribution >= 0.6 is 0 Å². The molecule has 1 unspecified atom stereocenters. The predicted octanol–water partition coefficient (Wildman–Crippen LogP) is 14.4. The molecule has 0 aromatic carbocycles. The van der Waals surface area contributed by atoms with E-state index >= 15 is 0 Å². The largest absolute Gasteiger partial charge is 0.508 e. The van der Waals surface area contributed by atoms with Crippen molar-refractivity contribution in [2.75, 3.05) is 39.5 Å². The summed E-state index contributed by atoms with van der Waals surface area (Å²) in [6.07, 6.45) is 42.2. The van der Waals surface area contributed by atoms with Crippen LogP contribution in [0.4, 0.5) is 4.79 Å². The van der Waals surface area contributed by atoms with Gasteiger partial charge in [-0.05, 0) is 70.9 Å². The molecule has 0 saturated carbocycles. The Morgan fingerprint density at radius 2 is 0.800 bits per heavy atom. The third-order valence-corrected chi connectivity index (χ3v) is 11.1. The highest BCUT2D eigenvalue weighted by Crippen LogP contribution is 2.18. The molecule has 0 heterocycles. The van der Waals surface area contributed by atoms with Gasteiger partial charge in [-0.1, -0.05) is 188 Å². The first-order valence-electron chi connectivity index (χ1n) is 24.4. The zero-order valence-corrected chi connectivity index (χ0v) is 37.2. The van der Waals surface area contributed by atoms with Crippen LogP contribution in [0.2, 0.25) is 0 Å². The molecular formula is C48H95NO6. The number of ether oxygens (including phenoxy) is 3. The van der Waals surface area contributed by atoms with Crippen LogP contribution in [0.25, 0.3) is 0 Å². The first-order valence-corrected chi connectivity index (χ1v) is 24.4. The van der Waals surface area contributed by atoms with Gasteiger partial charge in [0.1, 0.15) is 6.10 Å². The molecule has 0 fully saturated rings. The molecular weight excluding hydrogens is 687 g/mol. The molecule has 0 amide bonds. The number of carbonyl (C=O) groups is 2. The molecule has 328 valence electrons. The Balaban J connectivity index is 3.92. The zero-order valence-electron chi connectivity index (χ0n) is 37.2. The van der Waals surface area contributed by atoms with E-state index < -0.39 is 6.16 Å². The molecule has 0 rings (SSSR count). The monoisotopic (exact) mass is 782 g/mol. The van der Waals surface area contributed by atoms with E-state index in [0.717, 1.165) is 90.3 Å². The Morgan fingerprint density at radius 3 is 1.24 bits per heavy atom. The lowest BCUT2D eigenvalue weighted by atomic mass is 10.0. The fourth-order valence-corrected chi connectivity index (χ4v) is 7.50. The summed E-state index contributed by atoms with van der Waals surface area (Å²) in [7, 11) is 0. The highest BCUT2D eigenvalue weighted by Gasteiger charge is 2.15. The van der Waals surface area contributed by atoms with Gasteiger partial charge in [0.25, 0.3) is 0 Å². The van der Waals surface area contributed by atoms with E-state index in [1.165, 1.54) is 154 Å². The van der Waals surface area contributed by atoms with Crippen molar-refractivity contribution in [1.82, 2.24) is 4.90 Å². The quantitative estimate of drug-likeness (QED) is 0.0486. The van der Waals surface area contributed by atoms with Crippen molar-refractivity contribution in [2.45, 2.75) is 258 Å². The van der Waals surface area contributed by atoms with E-state index in [4.69, 9.17) is 14.2 Å². The van der Waals surface area contributed by atoms with Gasteiger partial charge in [0.15, 0.2) is 0 Å². The lowest BCUT2D eigenvalue weighted by Gasteiger charge is -2.21. The molecule has 1 atom stereocenters. The van der Waals surface area contributed by atoms with Gasteiger partial charge in [-0.3, -0.25) is 4.79 Å². The standard InChI is InChI=1S/C48H95NO6/c1-4-7-10-13-16-17-18-24-31-38-46(37-30-23-14-11-8-5-2)55-48(52)54-45-36-29-22-20-27-34-41-49(42-43-50)40-33-26-19-21-28-35-44-53-47(51)39-32-25-15-12-9-6-3/h46,50H,4-45H2,1-3H3. The molecule has 0 saturated heterocycles. The normalized spacial score (nSPS) is 12.0. The smallest absolute Gasteiger partial charge is 0.466 e. The Morgan fingerprint density at radius 1 is 0.436 bits per heavy atom. The Bertz CT molecular complexity index is 780. The maximum absolute atomic E-state index is 12.5. The van der Waals surface area contributed by atoms with Crippen LogP contribution in [0.3, 0.4) is 0 Å². The van der Waals surface area contributed by atoms with Crippen molar-refractivity contribution in [1.29, 1.82) is 0 Å². The summed E-state index contributed by atoms with van der Waals surface area (Å²) in [5, 5.41) is 9.55. The molecule has 55 heavy (non-hydrogen) atoms. The molecule has 0 aromatic heterocycles. The Hall–Kier alpha value is -1.34. The number of carbonyl (C=O) groups excluding carboxylic acids is 2. The van der Waals surface area contributed by atoms with E-state index in [9.17, 15) is 14.7 Å². The Kier molecular flexibility index (Phi) is 44.3. The second kappa shape index (κ2) is 45.4. The molecule has 1 N–H and O–H groups in total. The van der Waals surface area contributed by atoms with Gasteiger partial charge in [-0.15, -0.1) is 0 Å². The van der Waals surface area contributed by atoms with Gasteiger partial charge in [-0.2, -0.15) is 0 Å². The molecule has 0 aliphatic carbocycles. The second-order valence-electron chi connectivity index (χ2n) is 16.6. The second-order valence-corrected chi connectivity index (χ2v) is 16.6. The van der Waals surface area contributed by atoms with Gasteiger partial charge < -0.3 is 24.2 Å². The van der Waals surface area contributed by atoms with Crippen molar-refractivity contribution < 1.29 is 28.9 Å². The van der Waals surface area contributed by atoms with Crippen molar-refractivity contribution in [3.8, 4) is 0 Å². The highest BCUT2D eigenvalue weighted by molar-refractivity contribution is 5.69. The summed E-state index contributed by atoms with van der Waals surface area (Å²) < 4.78 is 16.8. The van der Waals surface area contributed by atoms with E-state index in [1.807, 2.05) is 0 Å². The number of hydrogen-bond donors (Lipinski definition) is 1. The highest BCUT2D eigenvalue weighted by atomic mass is 16.7. The number of nitrogens with zero attached hydrogens (tertiary/aromatic N) is 1. The first kappa shape index (κ1) is 53.7. The van der Waals surface area contributed by atoms with Gasteiger partial charge in [-0.25, -0.2) is 4.79 Å². The molecule has 0 aliphatic heterocycles. The van der Waals surface area contributed by atoms with Gasteiger partial charge in [0, 0.05) is 13.0 Å². The van der Waals surface area contributed by atoms with E-state index in [-0.39, 0.29) is 18.7 Å². The summed E-state index contributed by atoms with van der Waals surface area (Å²) in [5.74, 6) is -0.0237. The van der Waals surface area contributed by atoms with Crippen LogP contribution in [0, 0.1) is 0 Å². The van der Waals surface area contributed by atoms with Crippen LogP contribution in [0.1, 0.15) is 252 Å². The Labute approximate surface area is 342 Å². The van der Waals surface area contributed by atoms with Gasteiger partial charge in [0.2, 0.25) is 0 Å². The number of rotatable bonds is 45. The number of esters is 1. The number of unbranched alkanes of at least 4 members (excludes halogenated alkanes) is 28. The average molecular weight is 782 g/mol. The lowest BCUT2D eigenvalue weighted by molar-refractivity contribution is -0.143. The topological polar surface area (TPSA) is 85.3 Å². The lowest BCUT2D eigenvalue weighted by Crippen LogP contribution is -2.29. The van der Waals surface area contributed by atoms with E-state index in [2.05, 4.69) is 25.7 Å². The van der Waals surface area contributed by atoms with Crippen molar-refractivity contribution in [3.05, 3.63) is 0 Å². The summed E-state index contributed by atoms with van der Waals surface area (Å²) in [6.45, 7) is 10.9. The zero-order chi connectivity index (χ0) is 40.1. The molecule has 0 aliphatic rings. The molecule has 0 radical (unpaired) electrons. The molecule has 0 spiro atoms. The van der Waals surface area contributed by atoms with Crippen LogP contribution < -0.4 is 0 Å². The summed E-state index contributed by atoms with van der Waals surface area (Å²) in [6, 6.07) is 0. The first-order chi connectivity index (χ1) is 27.1. The number of aliphatic hydroxyl groups is 1. The van der Waals surface area contributed by atoms with Crippen molar-refractivity contribution in [2.24, 2.45) is 0 Å². The third-order valence-electron chi connectivity index (χ3n) is 11.1. The van der Waals surface area contributed by atoms with Gasteiger partial charge >= 0.3 is 12.1 Å². The average Bonchev–Trinajstić information content (AvgIpc) is 3.18. The molecule has 7 heteroatoms. The van der Waals surface area contributed by atoms with Crippen LogP contribution in [0.15, 0.2) is 0 Å². The maximum atomic E-state index is 12.5. The summed E-state index contributed by atoms with van der Waals surface area (Å²) in [5.41, 5.74) is 0. The van der Waals surface area contributed by atoms with Crippen molar-refractivity contribution in [3.63, 3.8) is 0 Å². The minimum atomic E-state index is -0.465. The molecule has 0 aromatic rings. The maximum Gasteiger partial charge on any atom is 0.508 e. The van der Waals surface area contributed by atoms with E-state index in [1.54, 1.807) is 0 Å². The van der Waals surface area contributed by atoms with Crippen LogP contribution in [-0.2, 0) is 19.0 Å². The minimum absolute atomic E-state index is 0.00210. The number of hydrogen-bond acceptors (Lipinski definition) is 7. The van der Waals surface area contributed by atoms with Gasteiger partial charge in [0.05, 0.1) is 19.8 Å². The van der Waals surface area contributed by atoms with E-state index in [0.29, 0.717) is 19.6 Å². The fourth-order valence-electron chi connectivity index (χ4n) is 7.50. The van der Waals surface area contributed by atoms with Crippen molar-refractivity contribution >= 4 is 12.1 Å². The minimum Gasteiger partial charge on any atom is -0.466 e. The third kappa shape index (κ3) is 42.1. The summed E-state index contributed by atoms with van der Waals surface area (Å²) in [4.78, 5) is 26.8. The predicted molar refractivity (Wildman–Crippen MR) is 234 cm³/mol. The molecule has 0 bridgehead atoms. The number of aliphatic hydroxyl groups excluding tert-OH is 1. The van der Waals surface area contributed by atoms with Crippen LogP contribution in [-0.4, -0.2) is 67.7 Å². The fraction of sp³-hybridized carbons (Fsp3) is 0.958. The summed E-state index contributed by atoms with van der Waals surface area (Å²) >= 11 is 0. The van der Waals surface area contributed by atoms with Crippen LogP contribution in [0.5, 0.6) is 0 Å².